The second-order valence-corrected chi connectivity index (χ2v) is 18.8. The maximum atomic E-state index is 12.8. The Hall–Kier alpha value is -2.26. The summed E-state index contributed by atoms with van der Waals surface area (Å²) in [6.07, 6.45) is 41.3. The van der Waals surface area contributed by atoms with Crippen LogP contribution in [0.25, 0.3) is 0 Å². The smallest absolute Gasteiger partial charge is 0.306 e. The van der Waals surface area contributed by atoms with E-state index in [0.717, 1.165) is 110 Å². The maximum Gasteiger partial charge on any atom is 0.306 e. The first-order chi connectivity index (χ1) is 30.6. The van der Waals surface area contributed by atoms with Crippen molar-refractivity contribution in [3.05, 3.63) is 20.4 Å². The summed E-state index contributed by atoms with van der Waals surface area (Å²) >= 11 is 0. The Balaban J connectivity index is 0.00000277. The second-order valence-electron chi connectivity index (χ2n) is 18.8. The Bertz CT molecular complexity index is 1230. The van der Waals surface area contributed by atoms with E-state index in [0.29, 0.717) is 30.3 Å². The van der Waals surface area contributed by atoms with Gasteiger partial charge >= 0.3 is 5.97 Å². The Morgan fingerprint density at radius 1 is 0.508 bits per heavy atom. The highest BCUT2D eigenvalue weighted by atomic mass is 16.5. The average Bonchev–Trinajstić information content (AvgIpc) is 3.27. The highest BCUT2D eigenvalue weighted by Gasteiger charge is 2.25. The van der Waals surface area contributed by atoms with Crippen molar-refractivity contribution in [3.63, 3.8) is 0 Å². The molecular formula is C54H103N3O6. The van der Waals surface area contributed by atoms with Gasteiger partial charge in [-0.25, -0.2) is 0 Å². The number of carbonyl (C=O) groups excluding carboxylic acids is 2. The zero-order chi connectivity index (χ0) is 46.8. The number of rotatable bonds is 45. The van der Waals surface area contributed by atoms with Gasteiger partial charge in [0.05, 0.1) is 6.10 Å². The molecule has 0 saturated carbocycles. The Morgan fingerprint density at radius 2 is 0.921 bits per heavy atom. The molecule has 0 heterocycles. The van der Waals surface area contributed by atoms with Crippen LogP contribution in [0.1, 0.15) is 246 Å². The first-order valence-corrected chi connectivity index (χ1v) is 26.7. The fourth-order valence-electron chi connectivity index (χ4n) is 8.62. The van der Waals surface area contributed by atoms with E-state index in [-0.39, 0.29) is 22.9 Å². The number of aldehydes is 1. The molecule has 9 heteroatoms. The summed E-state index contributed by atoms with van der Waals surface area (Å²) in [5.41, 5.74) is 0.303. The zero-order valence-corrected chi connectivity index (χ0v) is 42.9. The molecule has 1 aromatic rings. The van der Waals surface area contributed by atoms with Crippen molar-refractivity contribution < 1.29 is 19.1 Å². The molecular weight excluding hydrogens is 787 g/mol. The molecule has 0 aliphatic carbocycles. The van der Waals surface area contributed by atoms with Crippen molar-refractivity contribution in [1.82, 2.24) is 4.90 Å². The van der Waals surface area contributed by atoms with Crippen LogP contribution in [-0.2, 0) is 19.1 Å². The van der Waals surface area contributed by atoms with E-state index >= 15 is 0 Å². The molecule has 370 valence electrons. The van der Waals surface area contributed by atoms with Crippen molar-refractivity contribution in [1.29, 1.82) is 0 Å². The topological polar surface area (TPSA) is 96.5 Å². The van der Waals surface area contributed by atoms with Gasteiger partial charge in [-0.2, -0.15) is 0 Å². The van der Waals surface area contributed by atoms with Gasteiger partial charge in [-0.15, -0.1) is 0 Å². The summed E-state index contributed by atoms with van der Waals surface area (Å²) < 4.78 is 11.3. The van der Waals surface area contributed by atoms with Gasteiger partial charge in [0, 0.05) is 47.6 Å². The second kappa shape index (κ2) is 43.6. The Labute approximate surface area is 389 Å². The number of unbranched alkanes of at least 4 members (excludes halogenated alkanes) is 23. The van der Waals surface area contributed by atoms with E-state index in [2.05, 4.69) is 32.6 Å². The minimum absolute atomic E-state index is 0.000649. The number of esters is 1. The van der Waals surface area contributed by atoms with E-state index in [1.54, 1.807) is 4.90 Å². The predicted molar refractivity (Wildman–Crippen MR) is 272 cm³/mol. The monoisotopic (exact) mass is 890 g/mol. The molecule has 0 bridgehead atoms. The molecule has 0 fully saturated rings. The maximum absolute atomic E-state index is 12.8. The molecule has 1 rings (SSSR count). The van der Waals surface area contributed by atoms with Crippen LogP contribution in [0.15, 0.2) is 9.59 Å². The Kier molecular flexibility index (Phi) is 42.1. The van der Waals surface area contributed by atoms with Gasteiger partial charge in [0.15, 0.2) is 0 Å². The molecule has 9 nitrogen and oxygen atoms in total. The van der Waals surface area contributed by atoms with E-state index < -0.39 is 0 Å². The lowest BCUT2D eigenvalue weighted by Crippen LogP contribution is -2.44. The third-order valence-electron chi connectivity index (χ3n) is 12.8. The standard InChI is InChI=1S/C43H79N3O5.C11H24O/c1-6-8-10-12-17-23-30-38(31-24-18-13-11-9-7-2)51-39(48)32-25-19-16-21-27-35-46(34-26-20-14-15-22-28-37-47)36-29-33-45(5)41-40(44(3)4)42(49)43(41)50;1-4-6-7-8-9-10-11(5-2)12-3/h37-38H,6-36H2,1-5H3;11H,4-10H2,1-3H3. The van der Waals surface area contributed by atoms with Crippen LogP contribution in [0.4, 0.5) is 11.4 Å². The lowest BCUT2D eigenvalue weighted by atomic mass is 10.0. The third-order valence-corrected chi connectivity index (χ3v) is 12.8. The summed E-state index contributed by atoms with van der Waals surface area (Å²) in [4.78, 5) is 53.9. The molecule has 0 aliphatic heterocycles. The third kappa shape index (κ3) is 33.0. The number of nitrogens with zero attached hydrogens (tertiary/aromatic N) is 3. The van der Waals surface area contributed by atoms with E-state index in [1.165, 1.54) is 128 Å². The zero-order valence-electron chi connectivity index (χ0n) is 42.9. The summed E-state index contributed by atoms with van der Waals surface area (Å²) in [5, 5.41) is 0. The van der Waals surface area contributed by atoms with Crippen LogP contribution >= 0.6 is 0 Å². The molecule has 0 radical (unpaired) electrons. The lowest BCUT2D eigenvalue weighted by Gasteiger charge is -2.28. The fourth-order valence-corrected chi connectivity index (χ4v) is 8.62. The SMILES string of the molecule is CCCCCCCC(CC)OC.CCCCCCCCC(CCCCCCCC)OC(=O)CCCCCCCN(CCCCCCCC=O)CCCN(C)c1c(N(C)C)c(=O)c1=O. The molecule has 1 unspecified atom stereocenters. The first-order valence-electron chi connectivity index (χ1n) is 26.7. The molecule has 0 aliphatic rings. The van der Waals surface area contributed by atoms with Gasteiger partial charge in [0.1, 0.15) is 23.8 Å². The quantitative estimate of drug-likeness (QED) is 0.0274. The van der Waals surface area contributed by atoms with Gasteiger partial charge in [-0.05, 0) is 90.3 Å². The van der Waals surface area contributed by atoms with Gasteiger partial charge in [0.25, 0.3) is 10.9 Å². The first kappa shape index (κ1) is 60.7. The van der Waals surface area contributed by atoms with Crippen LogP contribution in [0, 0.1) is 0 Å². The largest absolute Gasteiger partial charge is 0.462 e. The molecule has 0 saturated heterocycles. The summed E-state index contributed by atoms with van der Waals surface area (Å²) in [6, 6.07) is 0. The number of anilines is 2. The van der Waals surface area contributed by atoms with Gasteiger partial charge < -0.3 is 29.0 Å². The van der Waals surface area contributed by atoms with Crippen LogP contribution in [0.2, 0.25) is 0 Å². The highest BCUT2D eigenvalue weighted by Crippen LogP contribution is 2.22. The number of methoxy groups -OCH3 is 1. The molecule has 1 atom stereocenters. The molecule has 63 heavy (non-hydrogen) atoms. The number of hydrogen-bond donors (Lipinski definition) is 0. The van der Waals surface area contributed by atoms with Crippen molar-refractivity contribution in [2.75, 3.05) is 64.2 Å². The predicted octanol–water partition coefficient (Wildman–Crippen LogP) is 13.5. The lowest BCUT2D eigenvalue weighted by molar-refractivity contribution is -0.150. The number of ether oxygens (including phenoxy) is 2. The van der Waals surface area contributed by atoms with Gasteiger partial charge in [-0.1, -0.05) is 163 Å². The van der Waals surface area contributed by atoms with Crippen LogP contribution in [0.5, 0.6) is 0 Å². The van der Waals surface area contributed by atoms with Crippen molar-refractivity contribution in [2.24, 2.45) is 0 Å². The van der Waals surface area contributed by atoms with Crippen molar-refractivity contribution >= 4 is 23.6 Å². The number of carbonyl (C=O) groups is 2. The minimum Gasteiger partial charge on any atom is -0.462 e. The van der Waals surface area contributed by atoms with Crippen LogP contribution < -0.4 is 20.7 Å². The summed E-state index contributed by atoms with van der Waals surface area (Å²) in [7, 11) is 7.35. The molecule has 0 spiro atoms. The van der Waals surface area contributed by atoms with Gasteiger partial charge in [-0.3, -0.25) is 14.4 Å². The van der Waals surface area contributed by atoms with E-state index in [9.17, 15) is 19.2 Å². The molecule has 0 aromatic heterocycles. The average molecular weight is 890 g/mol. The minimum atomic E-state index is -0.385. The molecule has 0 N–H and O–H groups in total. The fraction of sp³-hybridized carbons (Fsp3) is 0.889. The molecule has 0 amide bonds. The van der Waals surface area contributed by atoms with Crippen molar-refractivity contribution in [3.8, 4) is 0 Å². The number of hydrogen-bond acceptors (Lipinski definition) is 9. The Morgan fingerprint density at radius 3 is 1.38 bits per heavy atom. The highest BCUT2D eigenvalue weighted by molar-refractivity contribution is 5.75. The van der Waals surface area contributed by atoms with Crippen molar-refractivity contribution in [2.45, 2.75) is 258 Å². The van der Waals surface area contributed by atoms with E-state index in [1.807, 2.05) is 33.2 Å². The van der Waals surface area contributed by atoms with Crippen LogP contribution in [-0.4, -0.2) is 83.8 Å². The summed E-state index contributed by atoms with van der Waals surface area (Å²) in [6.45, 7) is 12.8. The van der Waals surface area contributed by atoms with Crippen LogP contribution in [0.3, 0.4) is 0 Å². The summed E-state index contributed by atoms with van der Waals surface area (Å²) in [5.74, 6) is 0.000649. The molecule has 1 aromatic carbocycles. The van der Waals surface area contributed by atoms with Gasteiger partial charge in [0.2, 0.25) is 0 Å². The van der Waals surface area contributed by atoms with E-state index in [4.69, 9.17) is 9.47 Å². The normalized spacial score (nSPS) is 11.9.